The van der Waals surface area contributed by atoms with Gasteiger partial charge in [0.05, 0.1) is 5.69 Å². The highest BCUT2D eigenvalue weighted by Crippen LogP contribution is 2.24. The van der Waals surface area contributed by atoms with Gasteiger partial charge in [0.25, 0.3) is 0 Å². The van der Waals surface area contributed by atoms with Gasteiger partial charge >= 0.3 is 5.97 Å². The van der Waals surface area contributed by atoms with Crippen LogP contribution in [-0.4, -0.2) is 20.9 Å². The minimum Gasteiger partial charge on any atom is -0.476 e. The Kier molecular flexibility index (Phi) is 3.76. The molecule has 104 valence electrons. The topological polar surface area (TPSA) is 72.2 Å². The maximum atomic E-state index is 11.7. The summed E-state index contributed by atoms with van der Waals surface area (Å²) < 4.78 is 2.42. The van der Waals surface area contributed by atoms with E-state index in [1.165, 1.54) is 10.9 Å². The summed E-state index contributed by atoms with van der Waals surface area (Å²) in [4.78, 5) is 22.8. The van der Waals surface area contributed by atoms with E-state index in [9.17, 15) is 9.59 Å². The Morgan fingerprint density at radius 3 is 2.25 bits per heavy atom. The summed E-state index contributed by atoms with van der Waals surface area (Å²) in [5.41, 5.74) is 2.05. The van der Waals surface area contributed by atoms with Crippen molar-refractivity contribution in [3.8, 4) is 5.69 Å². The lowest BCUT2D eigenvalue weighted by atomic mass is 10.1. The van der Waals surface area contributed by atoms with E-state index < -0.39 is 17.1 Å². The number of carboxylic acid groups (broad SMARTS) is 1. The molecule has 0 radical (unpaired) electrons. The quantitative estimate of drug-likeness (QED) is 0.914. The summed E-state index contributed by atoms with van der Waals surface area (Å²) in [7, 11) is 0. The molecule has 0 spiro atoms. The fourth-order valence-electron chi connectivity index (χ4n) is 1.94. The Bertz CT molecular complexity index is 742. The first kappa shape index (κ1) is 14.5. The molecule has 6 heteroatoms. The van der Waals surface area contributed by atoms with Gasteiger partial charge in [0.2, 0.25) is 11.1 Å². The second kappa shape index (κ2) is 5.20. The van der Waals surface area contributed by atoms with Crippen LogP contribution in [0.3, 0.4) is 0 Å². The number of benzene rings is 1. The molecule has 0 aliphatic carbocycles. The van der Waals surface area contributed by atoms with Gasteiger partial charge in [-0.25, -0.2) is 9.48 Å². The lowest BCUT2D eigenvalue weighted by Gasteiger charge is -2.11. The maximum Gasteiger partial charge on any atom is 0.360 e. The third-order valence-electron chi connectivity index (χ3n) is 2.99. The van der Waals surface area contributed by atoms with Crippen molar-refractivity contribution in [1.82, 2.24) is 9.78 Å². The van der Waals surface area contributed by atoms with Crippen LogP contribution < -0.4 is 5.43 Å². The van der Waals surface area contributed by atoms with Crippen LogP contribution in [0, 0.1) is 20.8 Å². The van der Waals surface area contributed by atoms with Crippen LogP contribution in [0.25, 0.3) is 5.69 Å². The molecule has 5 nitrogen and oxygen atoms in total. The Balaban J connectivity index is 2.71. The van der Waals surface area contributed by atoms with Crippen molar-refractivity contribution >= 4 is 21.9 Å². The maximum absolute atomic E-state index is 11.7. The van der Waals surface area contributed by atoms with E-state index in [0.717, 1.165) is 15.6 Å². The van der Waals surface area contributed by atoms with E-state index in [1.807, 2.05) is 26.0 Å². The second-order valence-corrected chi connectivity index (χ2v) is 5.43. The van der Waals surface area contributed by atoms with Crippen molar-refractivity contribution in [2.24, 2.45) is 0 Å². The normalized spacial score (nSPS) is 10.6. The van der Waals surface area contributed by atoms with Crippen molar-refractivity contribution in [2.75, 3.05) is 0 Å². The number of aromatic carboxylic acids is 1. The molecular weight excluding hydrogens is 324 g/mol. The molecule has 0 atom stereocenters. The van der Waals surface area contributed by atoms with Gasteiger partial charge in [-0.1, -0.05) is 15.9 Å². The molecule has 0 unspecified atom stereocenters. The highest BCUT2D eigenvalue weighted by Gasteiger charge is 2.15. The molecule has 1 heterocycles. The minimum atomic E-state index is -1.32. The van der Waals surface area contributed by atoms with Crippen molar-refractivity contribution in [2.45, 2.75) is 20.8 Å². The van der Waals surface area contributed by atoms with E-state index in [0.29, 0.717) is 11.3 Å². The Hall–Kier alpha value is -1.95. The van der Waals surface area contributed by atoms with Gasteiger partial charge in [-0.15, -0.1) is 0 Å². The van der Waals surface area contributed by atoms with E-state index >= 15 is 0 Å². The Morgan fingerprint density at radius 1 is 1.20 bits per heavy atom. The van der Waals surface area contributed by atoms with E-state index in [4.69, 9.17) is 5.11 Å². The van der Waals surface area contributed by atoms with Gasteiger partial charge in [0.1, 0.15) is 0 Å². The van der Waals surface area contributed by atoms with Gasteiger partial charge in [0.15, 0.2) is 0 Å². The number of rotatable bonds is 2. The van der Waals surface area contributed by atoms with Crippen LogP contribution in [0.5, 0.6) is 0 Å². The highest BCUT2D eigenvalue weighted by atomic mass is 79.9. The predicted octanol–water partition coefficient (Wildman–Crippen LogP) is 2.62. The molecule has 0 amide bonds. The number of carbonyl (C=O) groups is 1. The third-order valence-corrected chi connectivity index (χ3v) is 4.24. The SMILES string of the molecule is Cc1cc(-n2cc(C)c(=O)c(C(=O)O)n2)cc(C)c1Br. The van der Waals surface area contributed by atoms with Crippen molar-refractivity contribution < 1.29 is 9.90 Å². The largest absolute Gasteiger partial charge is 0.476 e. The molecule has 1 aromatic carbocycles. The summed E-state index contributed by atoms with van der Waals surface area (Å²) in [6.45, 7) is 5.45. The van der Waals surface area contributed by atoms with Gasteiger partial charge in [-0.3, -0.25) is 4.79 Å². The van der Waals surface area contributed by atoms with Crippen LogP contribution in [0.2, 0.25) is 0 Å². The fourth-order valence-corrected chi connectivity index (χ4v) is 2.17. The summed E-state index contributed by atoms with van der Waals surface area (Å²) in [6.07, 6.45) is 1.54. The lowest BCUT2D eigenvalue weighted by molar-refractivity contribution is 0.0686. The zero-order valence-corrected chi connectivity index (χ0v) is 12.9. The standard InChI is InChI=1S/C14H13BrN2O3/c1-7-4-10(5-8(2)11(7)15)17-6-9(3)13(18)12(16-17)14(19)20/h4-6H,1-3H3,(H,19,20). The zero-order valence-electron chi connectivity index (χ0n) is 11.3. The van der Waals surface area contributed by atoms with Crippen LogP contribution >= 0.6 is 15.9 Å². The van der Waals surface area contributed by atoms with Gasteiger partial charge < -0.3 is 5.11 Å². The molecule has 0 fully saturated rings. The van der Waals surface area contributed by atoms with Crippen LogP contribution in [0.1, 0.15) is 27.2 Å². The Labute approximate surface area is 124 Å². The molecule has 0 aliphatic rings. The number of hydrogen-bond acceptors (Lipinski definition) is 3. The van der Waals surface area contributed by atoms with Crippen LogP contribution in [0.4, 0.5) is 0 Å². The van der Waals surface area contributed by atoms with E-state index in [-0.39, 0.29) is 0 Å². The zero-order chi connectivity index (χ0) is 15.0. The second-order valence-electron chi connectivity index (χ2n) is 4.63. The fraction of sp³-hybridized carbons (Fsp3) is 0.214. The number of halogens is 1. The first-order valence-electron chi connectivity index (χ1n) is 5.92. The Morgan fingerprint density at radius 2 is 1.75 bits per heavy atom. The monoisotopic (exact) mass is 336 g/mol. The van der Waals surface area contributed by atoms with E-state index in [1.54, 1.807) is 6.92 Å². The van der Waals surface area contributed by atoms with Crippen molar-refractivity contribution in [3.05, 3.63) is 55.4 Å². The number of carboxylic acids is 1. The van der Waals surface area contributed by atoms with Crippen LogP contribution in [0.15, 0.2) is 27.6 Å². The lowest BCUT2D eigenvalue weighted by Crippen LogP contribution is -2.23. The molecule has 1 aromatic heterocycles. The third kappa shape index (κ3) is 2.51. The molecule has 0 bridgehead atoms. The van der Waals surface area contributed by atoms with Crippen molar-refractivity contribution in [3.63, 3.8) is 0 Å². The number of aryl methyl sites for hydroxylation is 3. The predicted molar refractivity (Wildman–Crippen MR) is 78.7 cm³/mol. The minimum absolute atomic E-state index is 0.343. The molecule has 2 aromatic rings. The van der Waals surface area contributed by atoms with E-state index in [2.05, 4.69) is 21.0 Å². The molecule has 1 N–H and O–H groups in total. The molecular formula is C14H13BrN2O3. The molecule has 0 saturated heterocycles. The van der Waals surface area contributed by atoms with Gasteiger partial charge in [0, 0.05) is 16.2 Å². The summed E-state index contributed by atoms with van der Waals surface area (Å²) in [5, 5.41) is 12.9. The summed E-state index contributed by atoms with van der Waals surface area (Å²) in [5.74, 6) is -1.32. The summed E-state index contributed by atoms with van der Waals surface area (Å²) >= 11 is 3.48. The molecule has 0 saturated carbocycles. The number of nitrogens with zero attached hydrogens (tertiary/aromatic N) is 2. The van der Waals surface area contributed by atoms with Gasteiger partial charge in [-0.2, -0.15) is 5.10 Å². The average Bonchev–Trinajstić information content (AvgIpc) is 2.38. The number of hydrogen-bond donors (Lipinski definition) is 1. The molecule has 0 aliphatic heterocycles. The summed E-state index contributed by atoms with van der Waals surface area (Å²) in [6, 6.07) is 3.75. The number of aromatic nitrogens is 2. The smallest absolute Gasteiger partial charge is 0.360 e. The average molecular weight is 337 g/mol. The highest BCUT2D eigenvalue weighted by molar-refractivity contribution is 9.10. The first-order valence-corrected chi connectivity index (χ1v) is 6.71. The van der Waals surface area contributed by atoms with Crippen LogP contribution in [-0.2, 0) is 0 Å². The molecule has 2 rings (SSSR count). The first-order chi connectivity index (χ1) is 9.31. The van der Waals surface area contributed by atoms with Crippen molar-refractivity contribution in [1.29, 1.82) is 0 Å². The molecule has 20 heavy (non-hydrogen) atoms. The van der Waals surface area contributed by atoms with Gasteiger partial charge in [-0.05, 0) is 44.0 Å².